The van der Waals surface area contributed by atoms with E-state index < -0.39 is 12.1 Å². The van der Waals surface area contributed by atoms with E-state index in [1.54, 1.807) is 6.08 Å². The summed E-state index contributed by atoms with van der Waals surface area (Å²) < 4.78 is 5.46. The molecular weight excluding hydrogens is 791 g/mol. The lowest BCUT2D eigenvalue weighted by molar-refractivity contribution is -0.143. The van der Waals surface area contributed by atoms with Crippen LogP contribution in [-0.4, -0.2) is 47.4 Å². The van der Waals surface area contributed by atoms with Crippen LogP contribution >= 0.6 is 0 Å². The average molecular weight is 903 g/mol. The van der Waals surface area contributed by atoms with Gasteiger partial charge in [0.15, 0.2) is 0 Å². The third kappa shape index (κ3) is 49.8. The van der Waals surface area contributed by atoms with Gasteiger partial charge >= 0.3 is 5.97 Å². The Balaban J connectivity index is 3.51. The van der Waals surface area contributed by atoms with Crippen molar-refractivity contribution in [1.82, 2.24) is 5.32 Å². The van der Waals surface area contributed by atoms with Crippen LogP contribution in [0.5, 0.6) is 0 Å². The largest absolute Gasteiger partial charge is 0.466 e. The number of allylic oxidation sites excluding steroid dienone is 3. The summed E-state index contributed by atoms with van der Waals surface area (Å²) in [7, 11) is 0. The maximum absolute atomic E-state index is 12.4. The Labute approximate surface area is 399 Å². The van der Waals surface area contributed by atoms with Crippen LogP contribution in [0.2, 0.25) is 0 Å². The molecule has 2 unspecified atom stereocenters. The van der Waals surface area contributed by atoms with E-state index in [-0.39, 0.29) is 18.5 Å². The van der Waals surface area contributed by atoms with Gasteiger partial charge in [-0.2, -0.15) is 0 Å². The molecule has 2 atom stereocenters. The first-order chi connectivity index (χ1) is 31.5. The number of unbranched alkanes of at least 4 members (excludes halogenated alkanes) is 40. The molecule has 378 valence electrons. The molecule has 0 heterocycles. The molecule has 0 radical (unpaired) electrons. The SMILES string of the molecule is CCCCCCCCCCCCCCCCC/C=C/C(O)C(CO)NC(=O)CCCCCCC/C=C\CCCCOC(=O)CCCCCCCCCCCCCCCCCCCCC. The number of carbonyl (C=O) groups is 2. The molecule has 0 aromatic rings. The van der Waals surface area contributed by atoms with E-state index in [2.05, 4.69) is 31.3 Å². The van der Waals surface area contributed by atoms with Gasteiger partial charge < -0.3 is 20.3 Å². The van der Waals surface area contributed by atoms with Crippen molar-refractivity contribution in [2.75, 3.05) is 13.2 Å². The maximum Gasteiger partial charge on any atom is 0.305 e. The van der Waals surface area contributed by atoms with E-state index in [0.717, 1.165) is 83.5 Å². The third-order valence-corrected chi connectivity index (χ3v) is 13.2. The molecule has 0 fully saturated rings. The van der Waals surface area contributed by atoms with E-state index in [4.69, 9.17) is 4.74 Å². The number of hydrogen-bond acceptors (Lipinski definition) is 5. The summed E-state index contributed by atoms with van der Waals surface area (Å²) in [5, 5.41) is 23.1. The number of aliphatic hydroxyl groups excluding tert-OH is 2. The Morgan fingerprint density at radius 3 is 1.11 bits per heavy atom. The van der Waals surface area contributed by atoms with E-state index in [1.165, 1.54) is 199 Å². The first kappa shape index (κ1) is 62.3. The Kier molecular flexibility index (Phi) is 52.6. The molecular formula is C58H111NO5. The zero-order valence-corrected chi connectivity index (χ0v) is 43.0. The highest BCUT2D eigenvalue weighted by atomic mass is 16.5. The van der Waals surface area contributed by atoms with Crippen molar-refractivity contribution < 1.29 is 24.5 Å². The summed E-state index contributed by atoms with van der Waals surface area (Å²) in [4.78, 5) is 24.5. The molecule has 0 saturated heterocycles. The minimum Gasteiger partial charge on any atom is -0.466 e. The number of carbonyl (C=O) groups excluding carboxylic acids is 2. The summed E-state index contributed by atoms with van der Waals surface area (Å²) in [5.74, 6) is -0.123. The van der Waals surface area contributed by atoms with Crippen LogP contribution in [0.1, 0.15) is 309 Å². The average Bonchev–Trinajstić information content (AvgIpc) is 3.29. The van der Waals surface area contributed by atoms with Crippen molar-refractivity contribution in [3.63, 3.8) is 0 Å². The van der Waals surface area contributed by atoms with E-state index in [9.17, 15) is 19.8 Å². The van der Waals surface area contributed by atoms with Crippen molar-refractivity contribution in [3.8, 4) is 0 Å². The fourth-order valence-corrected chi connectivity index (χ4v) is 8.81. The number of rotatable bonds is 53. The van der Waals surface area contributed by atoms with Gasteiger partial charge in [-0.3, -0.25) is 9.59 Å². The number of ether oxygens (including phenoxy) is 1. The normalized spacial score (nSPS) is 12.8. The van der Waals surface area contributed by atoms with Crippen LogP contribution < -0.4 is 5.32 Å². The minimum absolute atomic E-state index is 0.0280. The van der Waals surface area contributed by atoms with Crippen LogP contribution in [0.4, 0.5) is 0 Å². The predicted molar refractivity (Wildman–Crippen MR) is 278 cm³/mol. The molecule has 0 aliphatic heterocycles. The number of aliphatic hydroxyl groups is 2. The lowest BCUT2D eigenvalue weighted by atomic mass is 10.0. The highest BCUT2D eigenvalue weighted by Gasteiger charge is 2.18. The van der Waals surface area contributed by atoms with Crippen molar-refractivity contribution >= 4 is 11.9 Å². The summed E-state index contributed by atoms with van der Waals surface area (Å²) in [6.07, 6.45) is 64.8. The Bertz CT molecular complexity index is 997. The van der Waals surface area contributed by atoms with E-state index in [0.29, 0.717) is 19.4 Å². The van der Waals surface area contributed by atoms with Crippen molar-refractivity contribution in [2.45, 2.75) is 321 Å². The molecule has 0 aliphatic rings. The van der Waals surface area contributed by atoms with Gasteiger partial charge in [0.05, 0.1) is 25.4 Å². The van der Waals surface area contributed by atoms with Gasteiger partial charge in [0.2, 0.25) is 5.91 Å². The zero-order chi connectivity index (χ0) is 46.5. The van der Waals surface area contributed by atoms with Gasteiger partial charge in [-0.25, -0.2) is 0 Å². The monoisotopic (exact) mass is 902 g/mol. The number of esters is 1. The van der Waals surface area contributed by atoms with Gasteiger partial charge in [-0.1, -0.05) is 263 Å². The topological polar surface area (TPSA) is 95.9 Å². The molecule has 6 nitrogen and oxygen atoms in total. The van der Waals surface area contributed by atoms with Crippen molar-refractivity contribution in [2.24, 2.45) is 0 Å². The second-order valence-electron chi connectivity index (χ2n) is 19.6. The molecule has 0 rings (SSSR count). The molecule has 6 heteroatoms. The van der Waals surface area contributed by atoms with Crippen LogP contribution in [0.15, 0.2) is 24.3 Å². The first-order valence-corrected chi connectivity index (χ1v) is 28.6. The summed E-state index contributed by atoms with van der Waals surface area (Å²) >= 11 is 0. The smallest absolute Gasteiger partial charge is 0.305 e. The molecule has 0 bridgehead atoms. The number of amides is 1. The maximum atomic E-state index is 12.4. The van der Waals surface area contributed by atoms with Gasteiger partial charge in [0, 0.05) is 12.8 Å². The molecule has 3 N–H and O–H groups in total. The Morgan fingerprint density at radius 1 is 0.422 bits per heavy atom. The fraction of sp³-hybridized carbons (Fsp3) is 0.897. The van der Waals surface area contributed by atoms with Crippen LogP contribution in [0.25, 0.3) is 0 Å². The second-order valence-corrected chi connectivity index (χ2v) is 19.6. The summed E-state index contributed by atoms with van der Waals surface area (Å²) in [6, 6.07) is -0.648. The lowest BCUT2D eigenvalue weighted by Gasteiger charge is -2.20. The van der Waals surface area contributed by atoms with Crippen molar-refractivity contribution in [1.29, 1.82) is 0 Å². The lowest BCUT2D eigenvalue weighted by Crippen LogP contribution is -2.45. The molecule has 0 aromatic heterocycles. The zero-order valence-electron chi connectivity index (χ0n) is 43.0. The molecule has 1 amide bonds. The van der Waals surface area contributed by atoms with Crippen molar-refractivity contribution in [3.05, 3.63) is 24.3 Å². The summed E-state index contributed by atoms with van der Waals surface area (Å²) in [5.41, 5.74) is 0. The molecule has 0 aromatic carbocycles. The standard InChI is InChI=1S/C58H111NO5/c1-3-5-7-9-11-13-15-17-19-21-22-24-26-28-32-36-40-44-48-52-58(63)64-53-49-45-41-37-33-29-31-35-39-43-47-51-57(62)59-55(54-60)56(61)50-46-42-38-34-30-27-25-23-20-18-16-14-12-10-8-6-4-2/h33,37,46,50,55-56,60-61H,3-32,34-36,38-45,47-49,51-54H2,1-2H3,(H,59,62)/b37-33-,50-46+. The third-order valence-electron chi connectivity index (χ3n) is 13.2. The van der Waals surface area contributed by atoms with Crippen LogP contribution in [-0.2, 0) is 14.3 Å². The van der Waals surface area contributed by atoms with E-state index in [1.807, 2.05) is 6.08 Å². The van der Waals surface area contributed by atoms with Gasteiger partial charge in [-0.15, -0.1) is 0 Å². The van der Waals surface area contributed by atoms with Gasteiger partial charge in [0.1, 0.15) is 0 Å². The number of hydrogen-bond donors (Lipinski definition) is 3. The minimum atomic E-state index is -0.862. The summed E-state index contributed by atoms with van der Waals surface area (Å²) in [6.45, 7) is 4.85. The van der Waals surface area contributed by atoms with Gasteiger partial charge in [-0.05, 0) is 57.8 Å². The Hall–Kier alpha value is -1.66. The number of nitrogens with one attached hydrogen (secondary N) is 1. The van der Waals surface area contributed by atoms with E-state index >= 15 is 0 Å². The van der Waals surface area contributed by atoms with Crippen LogP contribution in [0.3, 0.4) is 0 Å². The highest BCUT2D eigenvalue weighted by Crippen LogP contribution is 2.17. The van der Waals surface area contributed by atoms with Gasteiger partial charge in [0.25, 0.3) is 0 Å². The molecule has 0 spiro atoms. The molecule has 0 aliphatic carbocycles. The first-order valence-electron chi connectivity index (χ1n) is 28.6. The van der Waals surface area contributed by atoms with Crippen LogP contribution in [0, 0.1) is 0 Å². The predicted octanol–water partition coefficient (Wildman–Crippen LogP) is 17.5. The Morgan fingerprint density at radius 2 is 0.734 bits per heavy atom. The molecule has 64 heavy (non-hydrogen) atoms. The quantitative estimate of drug-likeness (QED) is 0.0321. The second kappa shape index (κ2) is 54.0. The fourth-order valence-electron chi connectivity index (χ4n) is 8.81. The molecule has 0 saturated carbocycles. The highest BCUT2D eigenvalue weighted by molar-refractivity contribution is 5.76.